The molecule has 3 rings (SSSR count). The molecule has 6 nitrogen and oxygen atoms in total. The molecule has 1 aliphatic rings. The minimum atomic E-state index is 0.0306. The zero-order valence-electron chi connectivity index (χ0n) is 18.7. The number of hydrogen-bond donors (Lipinski definition) is 1. The molecule has 0 spiro atoms. The van der Waals surface area contributed by atoms with Crippen LogP contribution in [0.3, 0.4) is 0 Å². The second-order valence-electron chi connectivity index (χ2n) is 7.78. The average molecular weight is 430 g/mol. The van der Waals surface area contributed by atoms with Crippen molar-refractivity contribution in [2.45, 2.75) is 45.4 Å². The molecule has 30 heavy (non-hydrogen) atoms. The molecule has 2 heterocycles. The van der Waals surface area contributed by atoms with E-state index in [1.54, 1.807) is 18.4 Å². The molecule has 0 amide bonds. The summed E-state index contributed by atoms with van der Waals surface area (Å²) in [7, 11) is 3.80. The lowest BCUT2D eigenvalue weighted by Crippen LogP contribution is -2.39. The Bertz CT molecular complexity index is 788. The van der Waals surface area contributed by atoms with Crippen molar-refractivity contribution in [2.24, 2.45) is 4.99 Å². The molecule has 2 unspecified atom stereocenters. The Kier molecular flexibility index (Phi) is 8.66. The lowest BCUT2D eigenvalue weighted by atomic mass is 10.1. The van der Waals surface area contributed by atoms with Crippen LogP contribution in [0.5, 0.6) is 0 Å². The maximum Gasteiger partial charge on any atom is 0.194 e. The molecule has 0 radical (unpaired) electrons. The summed E-state index contributed by atoms with van der Waals surface area (Å²) < 4.78 is 5.39. The number of likely N-dealkylation sites (tertiary alicyclic amines) is 1. The molecule has 0 bridgehead atoms. The fraction of sp³-hybridized carbons (Fsp3) is 0.565. The first-order valence-electron chi connectivity index (χ1n) is 10.9. The monoisotopic (exact) mass is 429 g/mol. The van der Waals surface area contributed by atoms with E-state index in [0.717, 1.165) is 49.4 Å². The maximum atomic E-state index is 5.39. The summed E-state index contributed by atoms with van der Waals surface area (Å²) >= 11 is 1.65. The molecule has 1 aromatic carbocycles. The Morgan fingerprint density at radius 1 is 1.30 bits per heavy atom. The molecule has 1 saturated heterocycles. The van der Waals surface area contributed by atoms with Gasteiger partial charge in [0.15, 0.2) is 5.96 Å². The smallest absolute Gasteiger partial charge is 0.194 e. The van der Waals surface area contributed by atoms with E-state index < -0.39 is 0 Å². The van der Waals surface area contributed by atoms with Gasteiger partial charge in [0.2, 0.25) is 0 Å². The molecule has 1 N–H and O–H groups in total. The van der Waals surface area contributed by atoms with Crippen molar-refractivity contribution in [1.29, 1.82) is 0 Å². The number of hydrogen-bond acceptors (Lipinski definition) is 5. The van der Waals surface area contributed by atoms with Crippen LogP contribution in [0.15, 0.2) is 40.7 Å². The fourth-order valence-corrected chi connectivity index (χ4v) is 4.65. The highest BCUT2D eigenvalue weighted by molar-refractivity contribution is 7.09. The highest BCUT2D eigenvalue weighted by Gasteiger charge is 2.23. The van der Waals surface area contributed by atoms with E-state index in [2.05, 4.69) is 64.8 Å². The molecular weight excluding hydrogens is 394 g/mol. The molecular formula is C23H35N5OS. The van der Waals surface area contributed by atoms with E-state index in [1.165, 1.54) is 18.4 Å². The predicted octanol–water partition coefficient (Wildman–Crippen LogP) is 4.08. The lowest BCUT2D eigenvalue weighted by Gasteiger charge is -2.28. The van der Waals surface area contributed by atoms with Crippen LogP contribution in [-0.2, 0) is 11.3 Å². The van der Waals surface area contributed by atoms with Crippen LogP contribution in [0, 0.1) is 0 Å². The number of rotatable bonds is 9. The number of nitrogens with one attached hydrogen (secondary N) is 1. The molecule has 164 valence electrons. The summed E-state index contributed by atoms with van der Waals surface area (Å²) in [6.07, 6.45) is 2.58. The van der Waals surface area contributed by atoms with Gasteiger partial charge in [-0.25, -0.2) is 4.98 Å². The third-order valence-electron chi connectivity index (χ3n) is 5.55. The highest BCUT2D eigenvalue weighted by atomic mass is 32.1. The first-order valence-corrected chi connectivity index (χ1v) is 11.8. The number of nitrogens with zero attached hydrogens (tertiary/aromatic N) is 4. The van der Waals surface area contributed by atoms with Crippen LogP contribution in [0.4, 0.5) is 0 Å². The van der Waals surface area contributed by atoms with Gasteiger partial charge in [-0.05, 0) is 45.3 Å². The number of aliphatic imine (C=N–C) groups is 1. The van der Waals surface area contributed by atoms with Gasteiger partial charge in [0.05, 0.1) is 24.8 Å². The summed E-state index contributed by atoms with van der Waals surface area (Å²) in [5.41, 5.74) is 2.39. The first-order chi connectivity index (χ1) is 14.6. The standard InChI is InChI=1S/C23H35N5OS/c1-5-24-23(27(3)16-20-17-30-22(26-20)18(2)29-4)25-15-21(28-13-9-10-14-28)19-11-7-6-8-12-19/h6-8,11-12,17-18,21H,5,9-10,13-16H2,1-4H3,(H,24,25). The Hall–Kier alpha value is -1.96. The predicted molar refractivity (Wildman–Crippen MR) is 125 cm³/mol. The summed E-state index contributed by atoms with van der Waals surface area (Å²) in [6, 6.07) is 11.1. The third kappa shape index (κ3) is 6.03. The van der Waals surface area contributed by atoms with Crippen molar-refractivity contribution in [3.05, 3.63) is 52.0 Å². The van der Waals surface area contributed by atoms with E-state index in [1.807, 2.05) is 6.92 Å². The zero-order chi connectivity index (χ0) is 21.3. The molecule has 2 aromatic rings. The minimum absolute atomic E-state index is 0.0306. The molecule has 0 aliphatic carbocycles. The topological polar surface area (TPSA) is 53.0 Å². The number of benzene rings is 1. The maximum absolute atomic E-state index is 5.39. The van der Waals surface area contributed by atoms with Gasteiger partial charge < -0.3 is 15.0 Å². The largest absolute Gasteiger partial charge is 0.375 e. The number of methoxy groups -OCH3 is 1. The number of guanidine groups is 1. The van der Waals surface area contributed by atoms with E-state index in [4.69, 9.17) is 14.7 Å². The van der Waals surface area contributed by atoms with Gasteiger partial charge in [0.1, 0.15) is 11.1 Å². The van der Waals surface area contributed by atoms with E-state index in [0.29, 0.717) is 6.04 Å². The van der Waals surface area contributed by atoms with Gasteiger partial charge in [0, 0.05) is 26.1 Å². The fourth-order valence-electron chi connectivity index (χ4n) is 3.80. The second kappa shape index (κ2) is 11.4. The summed E-state index contributed by atoms with van der Waals surface area (Å²) in [5.74, 6) is 0.923. The van der Waals surface area contributed by atoms with Gasteiger partial charge >= 0.3 is 0 Å². The number of ether oxygens (including phenoxy) is 1. The van der Waals surface area contributed by atoms with Crippen molar-refractivity contribution < 1.29 is 4.74 Å². The van der Waals surface area contributed by atoms with Crippen molar-refractivity contribution in [1.82, 2.24) is 20.1 Å². The minimum Gasteiger partial charge on any atom is -0.375 e. The van der Waals surface area contributed by atoms with Crippen LogP contribution >= 0.6 is 11.3 Å². The van der Waals surface area contributed by atoms with E-state index in [-0.39, 0.29) is 6.10 Å². The summed E-state index contributed by atoms with van der Waals surface area (Å²) in [5, 5.41) is 6.58. The molecule has 1 aliphatic heterocycles. The van der Waals surface area contributed by atoms with Gasteiger partial charge in [-0.2, -0.15) is 0 Å². The van der Waals surface area contributed by atoms with Crippen LogP contribution < -0.4 is 5.32 Å². The zero-order valence-corrected chi connectivity index (χ0v) is 19.5. The van der Waals surface area contributed by atoms with Gasteiger partial charge in [0.25, 0.3) is 0 Å². The Morgan fingerprint density at radius 2 is 2.03 bits per heavy atom. The number of aromatic nitrogens is 1. The van der Waals surface area contributed by atoms with E-state index >= 15 is 0 Å². The van der Waals surface area contributed by atoms with Crippen molar-refractivity contribution >= 4 is 17.3 Å². The van der Waals surface area contributed by atoms with Gasteiger partial charge in [-0.1, -0.05) is 30.3 Å². The normalized spacial score (nSPS) is 17.1. The van der Waals surface area contributed by atoms with Crippen LogP contribution in [0.1, 0.15) is 55.1 Å². The van der Waals surface area contributed by atoms with Crippen molar-refractivity contribution in [3.8, 4) is 0 Å². The number of thiazole rings is 1. The Morgan fingerprint density at radius 3 is 2.70 bits per heavy atom. The van der Waals surface area contributed by atoms with Crippen LogP contribution in [0.2, 0.25) is 0 Å². The summed E-state index contributed by atoms with van der Waals surface area (Å²) in [6.45, 7) is 8.76. The Balaban J connectivity index is 1.72. The second-order valence-corrected chi connectivity index (χ2v) is 8.66. The molecule has 1 fully saturated rings. The lowest BCUT2D eigenvalue weighted by molar-refractivity contribution is 0.119. The van der Waals surface area contributed by atoms with Crippen LogP contribution in [0.25, 0.3) is 0 Å². The van der Waals surface area contributed by atoms with Crippen LogP contribution in [-0.4, -0.2) is 61.1 Å². The van der Waals surface area contributed by atoms with Crippen molar-refractivity contribution in [2.75, 3.05) is 40.3 Å². The molecule has 2 atom stereocenters. The SMILES string of the molecule is CCNC(=NCC(c1ccccc1)N1CCCC1)N(C)Cc1csc(C(C)OC)n1. The molecule has 1 aromatic heterocycles. The third-order valence-corrected chi connectivity index (χ3v) is 6.60. The Labute approximate surface area is 185 Å². The quantitative estimate of drug-likeness (QED) is 0.481. The summed E-state index contributed by atoms with van der Waals surface area (Å²) in [4.78, 5) is 14.5. The molecule has 0 saturated carbocycles. The van der Waals surface area contributed by atoms with Crippen molar-refractivity contribution in [3.63, 3.8) is 0 Å². The van der Waals surface area contributed by atoms with E-state index in [9.17, 15) is 0 Å². The van der Waals surface area contributed by atoms with Gasteiger partial charge in [-0.15, -0.1) is 11.3 Å². The average Bonchev–Trinajstić information content (AvgIpc) is 3.46. The highest BCUT2D eigenvalue weighted by Crippen LogP contribution is 2.25. The first kappa shape index (κ1) is 22.7. The molecule has 7 heteroatoms. The van der Waals surface area contributed by atoms with Gasteiger partial charge in [-0.3, -0.25) is 9.89 Å².